The van der Waals surface area contributed by atoms with Crippen LogP contribution < -0.4 is 20.1 Å². The van der Waals surface area contributed by atoms with Crippen LogP contribution >= 0.6 is 23.2 Å². The highest BCUT2D eigenvalue weighted by Gasteiger charge is 2.11. The molecule has 2 aromatic carbocycles. The molecular weight excluding hydrogens is 403 g/mol. The summed E-state index contributed by atoms with van der Waals surface area (Å²) in [6, 6.07) is 8.16. The van der Waals surface area contributed by atoms with Gasteiger partial charge < -0.3 is 20.1 Å². The van der Waals surface area contributed by atoms with Gasteiger partial charge in [0.05, 0.1) is 30.1 Å². The molecule has 148 valence electrons. The predicted octanol–water partition coefficient (Wildman–Crippen LogP) is 5.01. The summed E-state index contributed by atoms with van der Waals surface area (Å²) in [4.78, 5) is 23.6. The van der Waals surface area contributed by atoms with Crippen molar-refractivity contribution in [3.8, 4) is 11.5 Å². The van der Waals surface area contributed by atoms with Gasteiger partial charge in [-0.25, -0.2) is 0 Å². The lowest BCUT2D eigenvalue weighted by molar-refractivity contribution is -0.114. The van der Waals surface area contributed by atoms with Gasteiger partial charge in [0, 0.05) is 18.0 Å². The number of amides is 2. The molecule has 2 aromatic rings. The highest BCUT2D eigenvalue weighted by Crippen LogP contribution is 2.36. The van der Waals surface area contributed by atoms with Crippen molar-refractivity contribution < 1.29 is 19.1 Å². The molecule has 0 heterocycles. The van der Waals surface area contributed by atoms with Gasteiger partial charge in [0.25, 0.3) is 0 Å². The van der Waals surface area contributed by atoms with Crippen molar-refractivity contribution in [2.45, 2.75) is 13.8 Å². The van der Waals surface area contributed by atoms with Gasteiger partial charge >= 0.3 is 0 Å². The monoisotopic (exact) mass is 422 g/mol. The molecule has 0 atom stereocenters. The van der Waals surface area contributed by atoms with Crippen LogP contribution in [0.3, 0.4) is 0 Å². The van der Waals surface area contributed by atoms with Crippen molar-refractivity contribution in [2.75, 3.05) is 24.4 Å². The lowest BCUT2D eigenvalue weighted by Crippen LogP contribution is -2.13. The van der Waals surface area contributed by atoms with Gasteiger partial charge in [0.2, 0.25) is 11.8 Å². The van der Waals surface area contributed by atoms with Gasteiger partial charge in [0.1, 0.15) is 0 Å². The van der Waals surface area contributed by atoms with Crippen LogP contribution in [0.15, 0.2) is 36.4 Å². The molecule has 8 heteroatoms. The molecule has 0 aliphatic carbocycles. The van der Waals surface area contributed by atoms with Crippen LogP contribution in [0.1, 0.15) is 19.4 Å². The molecule has 28 heavy (non-hydrogen) atoms. The van der Waals surface area contributed by atoms with Crippen LogP contribution in [0, 0.1) is 0 Å². The Morgan fingerprint density at radius 2 is 1.86 bits per heavy atom. The number of hydrogen-bond acceptors (Lipinski definition) is 4. The van der Waals surface area contributed by atoms with Crippen molar-refractivity contribution in [2.24, 2.45) is 0 Å². The van der Waals surface area contributed by atoms with E-state index in [1.165, 1.54) is 20.1 Å². The second kappa shape index (κ2) is 10.0. The number of halogens is 2. The smallest absolute Gasteiger partial charge is 0.248 e. The zero-order valence-corrected chi connectivity index (χ0v) is 17.1. The minimum atomic E-state index is -0.405. The molecule has 0 aromatic heterocycles. The zero-order valence-electron chi connectivity index (χ0n) is 15.6. The molecular formula is C20H20Cl2N2O4. The normalized spacial score (nSPS) is 10.6. The Hall–Kier alpha value is -2.70. The number of benzene rings is 2. The first kappa shape index (κ1) is 21.6. The van der Waals surface area contributed by atoms with Gasteiger partial charge in [-0.05, 0) is 48.9 Å². The maximum atomic E-state index is 12.3. The van der Waals surface area contributed by atoms with E-state index in [4.69, 9.17) is 32.7 Å². The van der Waals surface area contributed by atoms with Gasteiger partial charge in [0.15, 0.2) is 11.5 Å². The van der Waals surface area contributed by atoms with E-state index in [-0.39, 0.29) is 5.91 Å². The first-order valence-electron chi connectivity index (χ1n) is 8.40. The third kappa shape index (κ3) is 5.90. The summed E-state index contributed by atoms with van der Waals surface area (Å²) >= 11 is 12.2. The summed E-state index contributed by atoms with van der Waals surface area (Å²) in [5, 5.41) is 6.13. The largest absolute Gasteiger partial charge is 0.493 e. The Morgan fingerprint density at radius 1 is 1.11 bits per heavy atom. The zero-order chi connectivity index (χ0) is 20.7. The maximum absolute atomic E-state index is 12.3. The SMILES string of the molecule is CCOc1c(Cl)cc(C=CC(=O)Nc2cc(Cl)ccc2NC(C)=O)cc1OC. The molecule has 0 bridgehead atoms. The number of ether oxygens (including phenoxy) is 2. The van der Waals surface area contributed by atoms with Crippen molar-refractivity contribution in [1.29, 1.82) is 0 Å². The summed E-state index contributed by atoms with van der Waals surface area (Å²) in [5.74, 6) is 0.256. The number of rotatable bonds is 7. The van der Waals surface area contributed by atoms with E-state index in [2.05, 4.69) is 10.6 Å². The number of methoxy groups -OCH3 is 1. The average Bonchev–Trinajstić information content (AvgIpc) is 2.63. The van der Waals surface area contributed by atoms with Crippen molar-refractivity contribution in [3.63, 3.8) is 0 Å². The Morgan fingerprint density at radius 3 is 2.50 bits per heavy atom. The minimum absolute atomic E-state index is 0.260. The first-order valence-corrected chi connectivity index (χ1v) is 9.16. The lowest BCUT2D eigenvalue weighted by atomic mass is 10.2. The van der Waals surface area contributed by atoms with Crippen LogP contribution in [0.5, 0.6) is 11.5 Å². The highest BCUT2D eigenvalue weighted by molar-refractivity contribution is 6.32. The fourth-order valence-electron chi connectivity index (χ4n) is 2.39. The van der Waals surface area contributed by atoms with E-state index in [0.29, 0.717) is 45.1 Å². The molecule has 6 nitrogen and oxygen atoms in total. The molecule has 2 rings (SSSR count). The predicted molar refractivity (Wildman–Crippen MR) is 113 cm³/mol. The van der Waals surface area contributed by atoms with Crippen molar-refractivity contribution in [3.05, 3.63) is 52.0 Å². The maximum Gasteiger partial charge on any atom is 0.248 e. The second-order valence-electron chi connectivity index (χ2n) is 5.66. The summed E-state index contributed by atoms with van der Waals surface area (Å²) in [5.41, 5.74) is 1.50. The Bertz CT molecular complexity index is 913. The molecule has 0 aliphatic rings. The van der Waals surface area contributed by atoms with Crippen LogP contribution in [-0.4, -0.2) is 25.5 Å². The molecule has 0 unspecified atom stereocenters. The van der Waals surface area contributed by atoms with Gasteiger partial charge in [-0.1, -0.05) is 23.2 Å². The fourth-order valence-corrected chi connectivity index (χ4v) is 2.83. The van der Waals surface area contributed by atoms with Gasteiger partial charge in [-0.15, -0.1) is 0 Å². The van der Waals surface area contributed by atoms with E-state index in [1.807, 2.05) is 6.92 Å². The summed E-state index contributed by atoms with van der Waals surface area (Å²) in [7, 11) is 1.51. The molecule has 0 saturated carbocycles. The van der Waals surface area contributed by atoms with E-state index < -0.39 is 5.91 Å². The van der Waals surface area contributed by atoms with Gasteiger partial charge in [-0.3, -0.25) is 9.59 Å². The molecule has 2 N–H and O–H groups in total. The van der Waals surface area contributed by atoms with Crippen molar-refractivity contribution >= 4 is 52.5 Å². The first-order chi connectivity index (χ1) is 13.3. The van der Waals surface area contributed by atoms with Gasteiger partial charge in [-0.2, -0.15) is 0 Å². The molecule has 0 spiro atoms. The van der Waals surface area contributed by atoms with E-state index in [1.54, 1.807) is 36.4 Å². The molecule has 2 amide bonds. The van der Waals surface area contributed by atoms with Crippen LogP contribution in [0.4, 0.5) is 11.4 Å². The third-order valence-corrected chi connectivity index (χ3v) is 4.03. The summed E-state index contributed by atoms with van der Waals surface area (Å²) < 4.78 is 10.8. The average molecular weight is 423 g/mol. The topological polar surface area (TPSA) is 76.7 Å². The molecule has 0 saturated heterocycles. The number of hydrogen-bond donors (Lipinski definition) is 2. The quantitative estimate of drug-likeness (QED) is 0.614. The standard InChI is InChI=1S/C20H20Cl2N2O4/c1-4-28-20-15(22)9-13(10-18(20)27-3)5-8-19(26)24-17-11-14(21)6-7-16(17)23-12(2)25/h5-11H,4H2,1-3H3,(H,23,25)(H,24,26). The third-order valence-electron chi connectivity index (χ3n) is 3.52. The number of nitrogens with one attached hydrogen (secondary N) is 2. The van der Waals surface area contributed by atoms with Crippen molar-refractivity contribution in [1.82, 2.24) is 0 Å². The van der Waals surface area contributed by atoms with E-state index in [0.717, 1.165) is 0 Å². The molecule has 0 radical (unpaired) electrons. The van der Waals surface area contributed by atoms with E-state index >= 15 is 0 Å². The molecule has 0 fully saturated rings. The summed E-state index contributed by atoms with van der Waals surface area (Å²) in [6.07, 6.45) is 2.92. The Labute approximate surface area is 173 Å². The van der Waals surface area contributed by atoms with E-state index in [9.17, 15) is 9.59 Å². The minimum Gasteiger partial charge on any atom is -0.493 e. The Balaban J connectivity index is 2.20. The van der Waals surface area contributed by atoms with Crippen LogP contribution in [0.25, 0.3) is 6.08 Å². The number of anilines is 2. The van der Waals surface area contributed by atoms with Crippen LogP contribution in [0.2, 0.25) is 10.0 Å². The highest BCUT2D eigenvalue weighted by atomic mass is 35.5. The number of carbonyl (C=O) groups excluding carboxylic acids is 2. The summed E-state index contributed by atoms with van der Waals surface area (Å²) in [6.45, 7) is 3.67. The lowest BCUT2D eigenvalue weighted by Gasteiger charge is -2.12. The number of carbonyl (C=O) groups is 2. The Kier molecular flexibility index (Phi) is 7.72. The fraction of sp³-hybridized carbons (Fsp3) is 0.200. The second-order valence-corrected chi connectivity index (χ2v) is 6.50. The molecule has 0 aliphatic heterocycles. The van der Waals surface area contributed by atoms with Crippen LogP contribution in [-0.2, 0) is 9.59 Å².